The highest BCUT2D eigenvalue weighted by molar-refractivity contribution is 6.33. The van der Waals surface area contributed by atoms with E-state index < -0.39 is 0 Å². The molecule has 0 aliphatic rings. The van der Waals surface area contributed by atoms with Crippen molar-refractivity contribution in [3.8, 4) is 11.3 Å². The molecule has 17 heavy (non-hydrogen) atoms. The second-order valence-corrected chi connectivity index (χ2v) is 4.01. The summed E-state index contributed by atoms with van der Waals surface area (Å²) in [6, 6.07) is 9.87. The summed E-state index contributed by atoms with van der Waals surface area (Å²) in [4.78, 5) is 12.5. The van der Waals surface area contributed by atoms with Gasteiger partial charge in [0.05, 0.1) is 16.2 Å². The van der Waals surface area contributed by atoms with E-state index in [1.54, 1.807) is 12.4 Å². The van der Waals surface area contributed by atoms with Gasteiger partial charge in [0.1, 0.15) is 6.33 Å². The van der Waals surface area contributed by atoms with Crippen LogP contribution in [0.25, 0.3) is 22.2 Å². The Labute approximate surface area is 103 Å². The summed E-state index contributed by atoms with van der Waals surface area (Å²) in [5.41, 5.74) is 2.54. The molecule has 3 rings (SSSR count). The van der Waals surface area contributed by atoms with Crippen LogP contribution in [-0.2, 0) is 0 Å². The second kappa shape index (κ2) is 4.11. The fourth-order valence-electron chi connectivity index (χ4n) is 1.81. The average Bonchev–Trinajstić information content (AvgIpc) is 2.39. The lowest BCUT2D eigenvalue weighted by atomic mass is 10.1. The van der Waals surface area contributed by atoms with Crippen molar-refractivity contribution in [2.45, 2.75) is 0 Å². The fraction of sp³-hybridized carbons (Fsp3) is 0. The highest BCUT2D eigenvalue weighted by atomic mass is 35.5. The Morgan fingerprint density at radius 2 is 1.88 bits per heavy atom. The van der Waals surface area contributed by atoms with Gasteiger partial charge in [-0.1, -0.05) is 35.9 Å². The normalized spacial score (nSPS) is 10.6. The van der Waals surface area contributed by atoms with Crippen molar-refractivity contribution < 1.29 is 0 Å². The Morgan fingerprint density at radius 1 is 1.00 bits per heavy atom. The smallest absolute Gasteiger partial charge is 0.116 e. The lowest BCUT2D eigenvalue weighted by molar-refractivity contribution is 1.17. The van der Waals surface area contributed by atoms with Crippen LogP contribution < -0.4 is 0 Å². The molecular formula is C13H8ClN3. The molecule has 3 aromatic rings. The molecule has 0 spiro atoms. The number of rotatable bonds is 1. The SMILES string of the molecule is Clc1cncnc1-c1cccc2cccnc12. The molecule has 2 aromatic heterocycles. The average molecular weight is 242 g/mol. The van der Waals surface area contributed by atoms with Gasteiger partial charge in [-0.25, -0.2) is 9.97 Å². The third kappa shape index (κ3) is 1.74. The first-order valence-electron chi connectivity index (χ1n) is 5.16. The van der Waals surface area contributed by atoms with Gasteiger partial charge in [-0.05, 0) is 6.07 Å². The highest BCUT2D eigenvalue weighted by Crippen LogP contribution is 2.29. The lowest BCUT2D eigenvalue weighted by Crippen LogP contribution is -1.89. The van der Waals surface area contributed by atoms with Gasteiger partial charge in [0.25, 0.3) is 0 Å². The fourth-order valence-corrected chi connectivity index (χ4v) is 2.01. The molecule has 82 valence electrons. The summed E-state index contributed by atoms with van der Waals surface area (Å²) in [5, 5.41) is 1.60. The van der Waals surface area contributed by atoms with Gasteiger partial charge in [-0.15, -0.1) is 0 Å². The molecular weight excluding hydrogens is 234 g/mol. The summed E-state index contributed by atoms with van der Waals surface area (Å²) in [5.74, 6) is 0. The number of hydrogen-bond donors (Lipinski definition) is 0. The summed E-state index contributed by atoms with van der Waals surface area (Å²) in [7, 11) is 0. The molecule has 0 unspecified atom stereocenters. The van der Waals surface area contributed by atoms with E-state index in [1.807, 2.05) is 30.3 Å². The summed E-state index contributed by atoms with van der Waals surface area (Å²) in [6.07, 6.45) is 4.84. The van der Waals surface area contributed by atoms with E-state index in [-0.39, 0.29) is 0 Å². The largest absolute Gasteiger partial charge is 0.256 e. The minimum atomic E-state index is 0.533. The Morgan fingerprint density at radius 3 is 2.76 bits per heavy atom. The van der Waals surface area contributed by atoms with Gasteiger partial charge in [-0.3, -0.25) is 4.98 Å². The second-order valence-electron chi connectivity index (χ2n) is 3.60. The van der Waals surface area contributed by atoms with Crippen LogP contribution in [0, 0.1) is 0 Å². The molecule has 0 aliphatic heterocycles. The molecule has 0 atom stereocenters. The standard InChI is InChI=1S/C13H8ClN3/c14-11-7-15-8-17-13(11)10-5-1-3-9-4-2-6-16-12(9)10/h1-8H. The van der Waals surface area contributed by atoms with Gasteiger partial charge >= 0.3 is 0 Å². The number of para-hydroxylation sites is 1. The summed E-state index contributed by atoms with van der Waals surface area (Å²) >= 11 is 6.11. The highest BCUT2D eigenvalue weighted by Gasteiger charge is 2.09. The molecule has 0 saturated carbocycles. The number of hydrogen-bond acceptors (Lipinski definition) is 3. The number of nitrogens with zero attached hydrogens (tertiary/aromatic N) is 3. The maximum Gasteiger partial charge on any atom is 0.116 e. The lowest BCUT2D eigenvalue weighted by Gasteiger charge is -2.05. The minimum absolute atomic E-state index is 0.533. The Bertz CT molecular complexity index is 677. The molecule has 2 heterocycles. The topological polar surface area (TPSA) is 38.7 Å². The maximum atomic E-state index is 6.11. The van der Waals surface area contributed by atoms with Crippen LogP contribution in [0.4, 0.5) is 0 Å². The van der Waals surface area contributed by atoms with E-state index in [4.69, 9.17) is 11.6 Å². The quantitative estimate of drug-likeness (QED) is 0.656. The van der Waals surface area contributed by atoms with E-state index in [2.05, 4.69) is 15.0 Å². The first kappa shape index (κ1) is 10.2. The molecule has 1 aromatic carbocycles. The van der Waals surface area contributed by atoms with E-state index in [0.29, 0.717) is 10.7 Å². The predicted molar refractivity (Wildman–Crippen MR) is 67.8 cm³/mol. The minimum Gasteiger partial charge on any atom is -0.256 e. The maximum absolute atomic E-state index is 6.11. The van der Waals surface area contributed by atoms with Crippen LogP contribution in [0.2, 0.25) is 5.02 Å². The van der Waals surface area contributed by atoms with Crippen molar-refractivity contribution in [3.05, 3.63) is 54.1 Å². The van der Waals surface area contributed by atoms with Crippen LogP contribution in [-0.4, -0.2) is 15.0 Å². The van der Waals surface area contributed by atoms with Gasteiger partial charge in [-0.2, -0.15) is 0 Å². The number of aromatic nitrogens is 3. The monoisotopic (exact) mass is 241 g/mol. The molecule has 0 fully saturated rings. The van der Waals surface area contributed by atoms with Crippen molar-refractivity contribution >= 4 is 22.5 Å². The van der Waals surface area contributed by atoms with Crippen molar-refractivity contribution in [1.82, 2.24) is 15.0 Å². The van der Waals surface area contributed by atoms with Crippen LogP contribution in [0.3, 0.4) is 0 Å². The Hall–Kier alpha value is -2.00. The number of benzene rings is 1. The number of halogens is 1. The van der Waals surface area contributed by atoms with Crippen molar-refractivity contribution in [1.29, 1.82) is 0 Å². The molecule has 0 N–H and O–H groups in total. The van der Waals surface area contributed by atoms with Crippen molar-refractivity contribution in [2.24, 2.45) is 0 Å². The molecule has 0 saturated heterocycles. The van der Waals surface area contributed by atoms with E-state index in [0.717, 1.165) is 16.5 Å². The van der Waals surface area contributed by atoms with Crippen LogP contribution in [0.1, 0.15) is 0 Å². The molecule has 0 amide bonds. The van der Waals surface area contributed by atoms with Crippen molar-refractivity contribution in [3.63, 3.8) is 0 Å². The van der Waals surface area contributed by atoms with E-state index >= 15 is 0 Å². The molecule has 0 aliphatic carbocycles. The van der Waals surface area contributed by atoms with E-state index in [9.17, 15) is 0 Å². The first-order valence-corrected chi connectivity index (χ1v) is 5.53. The molecule has 3 nitrogen and oxygen atoms in total. The number of fused-ring (bicyclic) bond motifs is 1. The van der Waals surface area contributed by atoms with Crippen LogP contribution in [0.5, 0.6) is 0 Å². The van der Waals surface area contributed by atoms with Gasteiger partial charge in [0.15, 0.2) is 0 Å². The van der Waals surface area contributed by atoms with Gasteiger partial charge < -0.3 is 0 Å². The van der Waals surface area contributed by atoms with Crippen molar-refractivity contribution in [2.75, 3.05) is 0 Å². The molecule has 4 heteroatoms. The summed E-state index contributed by atoms with van der Waals surface area (Å²) in [6.45, 7) is 0. The number of pyridine rings is 1. The van der Waals surface area contributed by atoms with Crippen LogP contribution in [0.15, 0.2) is 49.1 Å². The first-order chi connectivity index (χ1) is 8.36. The van der Waals surface area contributed by atoms with Gasteiger partial charge in [0.2, 0.25) is 0 Å². The predicted octanol–water partition coefficient (Wildman–Crippen LogP) is 3.35. The Kier molecular flexibility index (Phi) is 2.46. The third-order valence-electron chi connectivity index (χ3n) is 2.56. The Balaban J connectivity index is 2.35. The van der Waals surface area contributed by atoms with Crippen LogP contribution >= 0.6 is 11.6 Å². The summed E-state index contributed by atoms with van der Waals surface area (Å²) < 4.78 is 0. The molecule has 0 radical (unpaired) electrons. The van der Waals surface area contributed by atoms with Gasteiger partial charge in [0, 0.05) is 23.3 Å². The zero-order chi connectivity index (χ0) is 11.7. The third-order valence-corrected chi connectivity index (χ3v) is 2.83. The zero-order valence-corrected chi connectivity index (χ0v) is 9.59. The zero-order valence-electron chi connectivity index (χ0n) is 8.84. The van der Waals surface area contributed by atoms with E-state index in [1.165, 1.54) is 6.33 Å². The molecule has 0 bridgehead atoms.